The van der Waals surface area contributed by atoms with E-state index in [1.807, 2.05) is 0 Å². The molecule has 0 aromatic carbocycles. The van der Waals surface area contributed by atoms with Crippen LogP contribution in [0, 0.1) is 5.41 Å². The molecule has 0 radical (unpaired) electrons. The first-order valence-corrected chi connectivity index (χ1v) is 4.88. The number of ether oxygens (including phenoxy) is 1. The molecule has 0 aliphatic heterocycles. The minimum absolute atomic E-state index is 0.231. The third-order valence-corrected chi connectivity index (χ3v) is 2.07. The van der Waals surface area contributed by atoms with Crippen molar-refractivity contribution >= 4 is 0 Å². The maximum Gasteiger partial charge on any atom is 0.0906 e. The van der Waals surface area contributed by atoms with Gasteiger partial charge in [0.15, 0.2) is 0 Å². The molecule has 1 N–H and O–H groups in total. The van der Waals surface area contributed by atoms with Gasteiger partial charge in [0.25, 0.3) is 0 Å². The smallest absolute Gasteiger partial charge is 0.0906 e. The van der Waals surface area contributed by atoms with Crippen molar-refractivity contribution in [2.75, 3.05) is 33.5 Å². The molecule has 80 valence electrons. The molecule has 0 rings (SSSR count). The summed E-state index contributed by atoms with van der Waals surface area (Å²) in [7, 11) is 1.71. The van der Waals surface area contributed by atoms with Crippen LogP contribution in [-0.2, 0) is 4.74 Å². The maximum atomic E-state index is 11.8. The van der Waals surface area contributed by atoms with Crippen LogP contribution < -0.4 is 5.32 Å². The number of halogens is 1. The van der Waals surface area contributed by atoms with Crippen molar-refractivity contribution in [1.82, 2.24) is 5.32 Å². The van der Waals surface area contributed by atoms with E-state index in [1.54, 1.807) is 7.11 Å². The van der Waals surface area contributed by atoms with E-state index >= 15 is 0 Å². The normalized spacial score (nSPS) is 12.0. The van der Waals surface area contributed by atoms with Crippen LogP contribution in [0.1, 0.15) is 26.7 Å². The summed E-state index contributed by atoms with van der Waals surface area (Å²) in [5.74, 6) is 0. The molecule has 0 spiro atoms. The Balaban J connectivity index is 3.39. The lowest BCUT2D eigenvalue weighted by Crippen LogP contribution is -2.31. The molecule has 13 heavy (non-hydrogen) atoms. The van der Waals surface area contributed by atoms with Gasteiger partial charge in [0.2, 0.25) is 0 Å². The van der Waals surface area contributed by atoms with Gasteiger partial charge in [-0.1, -0.05) is 13.8 Å². The molecule has 2 nitrogen and oxygen atoms in total. The Labute approximate surface area is 80.9 Å². The first-order valence-electron chi connectivity index (χ1n) is 4.88. The van der Waals surface area contributed by atoms with E-state index in [-0.39, 0.29) is 12.1 Å². The van der Waals surface area contributed by atoms with Crippen LogP contribution in [0.25, 0.3) is 0 Å². The third kappa shape index (κ3) is 8.19. The van der Waals surface area contributed by atoms with Gasteiger partial charge in [0.05, 0.1) is 6.67 Å². The molecule has 3 heteroatoms. The van der Waals surface area contributed by atoms with Crippen LogP contribution in [0.4, 0.5) is 4.39 Å². The minimum Gasteiger partial charge on any atom is -0.385 e. The van der Waals surface area contributed by atoms with Gasteiger partial charge in [0.1, 0.15) is 0 Å². The predicted molar refractivity (Wildman–Crippen MR) is 53.7 cm³/mol. The van der Waals surface area contributed by atoms with Crippen LogP contribution in [0.15, 0.2) is 0 Å². The number of hydrogen-bond acceptors (Lipinski definition) is 2. The lowest BCUT2D eigenvalue weighted by molar-refractivity contribution is 0.150. The van der Waals surface area contributed by atoms with Crippen LogP contribution in [-0.4, -0.2) is 33.5 Å². The highest BCUT2D eigenvalue weighted by Gasteiger charge is 2.16. The van der Waals surface area contributed by atoms with E-state index in [4.69, 9.17) is 4.74 Å². The topological polar surface area (TPSA) is 21.3 Å². The summed E-state index contributed by atoms with van der Waals surface area (Å²) in [5, 5.41) is 3.24. The first kappa shape index (κ1) is 12.8. The quantitative estimate of drug-likeness (QED) is 0.592. The standard InChI is InChI=1S/C10H22FNO/c1-10(2,5-8-13-3)9-12-7-4-6-11/h12H,4-9H2,1-3H3. The molecule has 0 aliphatic carbocycles. The Bertz CT molecular complexity index is 117. The third-order valence-electron chi connectivity index (χ3n) is 2.07. The summed E-state index contributed by atoms with van der Waals surface area (Å²) in [6.45, 7) is 6.63. The molecule has 0 unspecified atom stereocenters. The highest BCUT2D eigenvalue weighted by molar-refractivity contribution is 4.71. The number of hydrogen-bond donors (Lipinski definition) is 1. The SMILES string of the molecule is COCCC(C)(C)CNCCCF. The monoisotopic (exact) mass is 191 g/mol. The van der Waals surface area contributed by atoms with Crippen molar-refractivity contribution in [3.05, 3.63) is 0 Å². The van der Waals surface area contributed by atoms with Crippen molar-refractivity contribution in [1.29, 1.82) is 0 Å². The van der Waals surface area contributed by atoms with Gasteiger partial charge in [-0.3, -0.25) is 4.39 Å². The highest BCUT2D eigenvalue weighted by atomic mass is 19.1. The average molecular weight is 191 g/mol. The zero-order chi connectivity index (χ0) is 10.2. The Morgan fingerprint density at radius 1 is 1.38 bits per heavy atom. The average Bonchev–Trinajstić information content (AvgIpc) is 2.09. The second-order valence-corrected chi connectivity index (χ2v) is 4.13. The predicted octanol–water partition coefficient (Wildman–Crippen LogP) is 2.00. The molecule has 0 atom stereocenters. The second kappa shape index (κ2) is 7.27. The van der Waals surface area contributed by atoms with E-state index in [9.17, 15) is 4.39 Å². The summed E-state index contributed by atoms with van der Waals surface area (Å²) in [6, 6.07) is 0. The van der Waals surface area contributed by atoms with Crippen molar-refractivity contribution in [2.24, 2.45) is 5.41 Å². The highest BCUT2D eigenvalue weighted by Crippen LogP contribution is 2.18. The van der Waals surface area contributed by atoms with Crippen molar-refractivity contribution in [3.63, 3.8) is 0 Å². The molecule has 0 fully saturated rings. The molecule has 0 aromatic rings. The number of nitrogens with one attached hydrogen (secondary N) is 1. The number of alkyl halides is 1. The largest absolute Gasteiger partial charge is 0.385 e. The molecule has 0 aromatic heterocycles. The number of methoxy groups -OCH3 is 1. The van der Waals surface area contributed by atoms with Crippen molar-refractivity contribution in [3.8, 4) is 0 Å². The molecule has 0 amide bonds. The fraction of sp³-hybridized carbons (Fsp3) is 1.00. The van der Waals surface area contributed by atoms with Crippen LogP contribution in [0.5, 0.6) is 0 Å². The fourth-order valence-corrected chi connectivity index (χ4v) is 1.09. The molecular formula is C10H22FNO. The molecule has 0 heterocycles. The Morgan fingerprint density at radius 2 is 2.08 bits per heavy atom. The molecule has 0 bridgehead atoms. The minimum atomic E-state index is -0.231. The van der Waals surface area contributed by atoms with Crippen molar-refractivity contribution in [2.45, 2.75) is 26.7 Å². The summed E-state index contributed by atoms with van der Waals surface area (Å²) in [6.07, 6.45) is 1.65. The van der Waals surface area contributed by atoms with Gasteiger partial charge in [-0.25, -0.2) is 0 Å². The van der Waals surface area contributed by atoms with E-state index in [0.717, 1.165) is 26.1 Å². The van der Waals surface area contributed by atoms with Crippen LogP contribution in [0.2, 0.25) is 0 Å². The van der Waals surface area contributed by atoms with E-state index < -0.39 is 0 Å². The zero-order valence-electron chi connectivity index (χ0n) is 9.03. The molecule has 0 aliphatic rings. The second-order valence-electron chi connectivity index (χ2n) is 4.13. The summed E-state index contributed by atoms with van der Waals surface area (Å²) >= 11 is 0. The van der Waals surface area contributed by atoms with Crippen LogP contribution >= 0.6 is 0 Å². The van der Waals surface area contributed by atoms with Gasteiger partial charge in [0, 0.05) is 20.3 Å². The van der Waals surface area contributed by atoms with Gasteiger partial charge in [-0.2, -0.15) is 0 Å². The van der Waals surface area contributed by atoms with Gasteiger partial charge < -0.3 is 10.1 Å². The fourth-order valence-electron chi connectivity index (χ4n) is 1.09. The van der Waals surface area contributed by atoms with E-state index in [0.29, 0.717) is 6.42 Å². The summed E-state index contributed by atoms with van der Waals surface area (Å²) in [4.78, 5) is 0. The Morgan fingerprint density at radius 3 is 2.62 bits per heavy atom. The lowest BCUT2D eigenvalue weighted by atomic mass is 9.90. The zero-order valence-corrected chi connectivity index (χ0v) is 9.03. The Kier molecular flexibility index (Phi) is 7.19. The molecule has 0 saturated carbocycles. The lowest BCUT2D eigenvalue weighted by Gasteiger charge is -2.24. The van der Waals surface area contributed by atoms with Gasteiger partial charge in [-0.15, -0.1) is 0 Å². The van der Waals surface area contributed by atoms with Crippen molar-refractivity contribution < 1.29 is 9.13 Å². The molecule has 0 saturated heterocycles. The Hall–Kier alpha value is -0.150. The molecular weight excluding hydrogens is 169 g/mol. The maximum absolute atomic E-state index is 11.8. The first-order chi connectivity index (χ1) is 6.12. The van der Waals surface area contributed by atoms with E-state index in [1.165, 1.54) is 0 Å². The summed E-state index contributed by atoms with van der Waals surface area (Å²) < 4.78 is 16.8. The number of rotatable bonds is 8. The van der Waals surface area contributed by atoms with Gasteiger partial charge >= 0.3 is 0 Å². The van der Waals surface area contributed by atoms with Gasteiger partial charge in [-0.05, 0) is 24.8 Å². The van der Waals surface area contributed by atoms with E-state index in [2.05, 4.69) is 19.2 Å². The van der Waals surface area contributed by atoms with Crippen LogP contribution in [0.3, 0.4) is 0 Å². The summed E-state index contributed by atoms with van der Waals surface area (Å²) in [5.41, 5.74) is 0.242.